The number of hydrogen-bond donors (Lipinski definition) is 3. The van der Waals surface area contributed by atoms with Crippen molar-refractivity contribution in [3.8, 4) is 0 Å². The van der Waals surface area contributed by atoms with E-state index in [0.717, 1.165) is 11.3 Å². The van der Waals surface area contributed by atoms with E-state index in [9.17, 15) is 5.11 Å². The van der Waals surface area contributed by atoms with Gasteiger partial charge in [0, 0.05) is 16.8 Å². The third-order valence-corrected chi connectivity index (χ3v) is 4.99. The van der Waals surface area contributed by atoms with Crippen LogP contribution in [0.25, 0.3) is 11.2 Å². The van der Waals surface area contributed by atoms with E-state index >= 15 is 0 Å². The van der Waals surface area contributed by atoms with E-state index < -0.39 is 0 Å². The van der Waals surface area contributed by atoms with Gasteiger partial charge in [0.05, 0.1) is 19.0 Å². The molecule has 0 fully saturated rings. The normalized spacial score (nSPS) is 11.9. The Balaban J connectivity index is 0.00000272. The molecule has 0 bridgehead atoms. The van der Waals surface area contributed by atoms with Crippen LogP contribution in [0.3, 0.4) is 0 Å². The highest BCUT2D eigenvalue weighted by molar-refractivity contribution is 7.59. The van der Waals surface area contributed by atoms with Gasteiger partial charge in [0.2, 0.25) is 5.95 Å². The average Bonchev–Trinajstić information content (AvgIpc) is 3.17. The summed E-state index contributed by atoms with van der Waals surface area (Å²) in [5.41, 5.74) is 3.12. The van der Waals surface area contributed by atoms with Crippen molar-refractivity contribution in [2.45, 2.75) is 25.9 Å². The maximum Gasteiger partial charge on any atom is 0.227 e. The first kappa shape index (κ1) is 22.9. The number of aliphatic hydroxyl groups is 1. The minimum atomic E-state index is -0.335. The second-order valence-electron chi connectivity index (χ2n) is 7.24. The molecule has 0 saturated carbocycles. The fraction of sp³-hybridized carbons (Fsp3) is 0.227. The number of aromatic nitrogens is 4. The summed E-state index contributed by atoms with van der Waals surface area (Å²) in [4.78, 5) is 13.9. The minimum Gasteiger partial charge on any atom is -0.394 e. The van der Waals surface area contributed by atoms with Crippen LogP contribution < -0.4 is 10.6 Å². The molecule has 3 N–H and O–H groups in total. The smallest absolute Gasteiger partial charge is 0.227 e. The lowest BCUT2D eigenvalue weighted by Gasteiger charge is -2.18. The van der Waals surface area contributed by atoms with Gasteiger partial charge in [-0.1, -0.05) is 48.0 Å². The van der Waals surface area contributed by atoms with Crippen molar-refractivity contribution in [2.75, 3.05) is 17.2 Å². The van der Waals surface area contributed by atoms with Crippen molar-refractivity contribution in [3.05, 3.63) is 71.5 Å². The van der Waals surface area contributed by atoms with Crippen LogP contribution in [-0.2, 0) is 0 Å². The monoisotopic (exact) mass is 456 g/mol. The third kappa shape index (κ3) is 5.10. The molecule has 4 rings (SSSR count). The summed E-state index contributed by atoms with van der Waals surface area (Å²) in [6, 6.07) is 17.0. The predicted octanol–water partition coefficient (Wildman–Crippen LogP) is 5.06. The molecule has 0 radical (unpaired) electrons. The van der Waals surface area contributed by atoms with Crippen LogP contribution in [0.15, 0.2) is 60.9 Å². The highest BCUT2D eigenvalue weighted by Crippen LogP contribution is 2.28. The number of nitrogens with one attached hydrogen (secondary N) is 2. The number of rotatable bonds is 7. The summed E-state index contributed by atoms with van der Waals surface area (Å²) in [6.07, 6.45) is 1.76. The number of nitrogens with zero attached hydrogens (tertiary/aromatic N) is 4. The molecular formula is C22H25ClN6OS. The topological polar surface area (TPSA) is 87.9 Å². The standard InChI is InChI=1S/C22H23ClN6O.H2S/c1-14(2)29-13-24-19-20(25-17-10-6-9-16(23)11-17)27-22(28-21(19)29)26-18(12-30)15-7-4-3-5-8-15;/h3-11,13-14,18,30H,12H2,1-2H3,(H2,25,26,27,28);1H2/t18-;/m1./s1. The average molecular weight is 457 g/mol. The first-order valence-electron chi connectivity index (χ1n) is 9.74. The van der Waals surface area contributed by atoms with Crippen molar-refractivity contribution < 1.29 is 5.11 Å². The zero-order valence-electron chi connectivity index (χ0n) is 17.2. The molecule has 0 unspecified atom stereocenters. The molecule has 0 saturated heterocycles. The fourth-order valence-electron chi connectivity index (χ4n) is 3.22. The summed E-state index contributed by atoms with van der Waals surface area (Å²) in [5, 5.41) is 17.1. The summed E-state index contributed by atoms with van der Waals surface area (Å²) in [7, 11) is 0. The predicted molar refractivity (Wildman–Crippen MR) is 131 cm³/mol. The van der Waals surface area contributed by atoms with Gasteiger partial charge in [-0.2, -0.15) is 23.5 Å². The number of benzene rings is 2. The van der Waals surface area contributed by atoms with E-state index in [1.54, 1.807) is 6.33 Å². The van der Waals surface area contributed by atoms with Gasteiger partial charge in [0.25, 0.3) is 0 Å². The molecule has 9 heteroatoms. The van der Waals surface area contributed by atoms with Crippen LogP contribution in [-0.4, -0.2) is 31.2 Å². The summed E-state index contributed by atoms with van der Waals surface area (Å²) < 4.78 is 1.99. The van der Waals surface area contributed by atoms with Gasteiger partial charge in [-0.05, 0) is 37.6 Å². The van der Waals surface area contributed by atoms with Crippen LogP contribution >= 0.6 is 25.1 Å². The van der Waals surface area contributed by atoms with E-state index in [1.165, 1.54) is 0 Å². The van der Waals surface area contributed by atoms with Crippen LogP contribution in [0, 0.1) is 0 Å². The van der Waals surface area contributed by atoms with E-state index in [1.807, 2.05) is 59.2 Å². The molecule has 31 heavy (non-hydrogen) atoms. The summed E-state index contributed by atoms with van der Waals surface area (Å²) in [6.45, 7) is 4.05. The van der Waals surface area contributed by atoms with Crippen molar-refractivity contribution in [1.29, 1.82) is 0 Å². The van der Waals surface area contributed by atoms with Crippen LogP contribution in [0.5, 0.6) is 0 Å². The largest absolute Gasteiger partial charge is 0.394 e. The third-order valence-electron chi connectivity index (χ3n) is 4.75. The van der Waals surface area contributed by atoms with Crippen molar-refractivity contribution >= 4 is 53.7 Å². The lowest BCUT2D eigenvalue weighted by atomic mass is 10.1. The van der Waals surface area contributed by atoms with Gasteiger partial charge in [0.15, 0.2) is 17.0 Å². The molecular weight excluding hydrogens is 432 g/mol. The van der Waals surface area contributed by atoms with E-state index in [-0.39, 0.29) is 32.2 Å². The zero-order chi connectivity index (χ0) is 21.1. The molecule has 162 valence electrons. The molecule has 4 aromatic rings. The van der Waals surface area contributed by atoms with Gasteiger partial charge in [-0.3, -0.25) is 0 Å². The lowest BCUT2D eigenvalue weighted by Crippen LogP contribution is -2.17. The van der Waals surface area contributed by atoms with E-state index in [2.05, 4.69) is 34.4 Å². The number of halogens is 1. The zero-order valence-corrected chi connectivity index (χ0v) is 19.0. The maximum atomic E-state index is 9.93. The molecule has 0 spiro atoms. The first-order valence-corrected chi connectivity index (χ1v) is 10.1. The molecule has 1 atom stereocenters. The Morgan fingerprint density at radius 3 is 2.52 bits per heavy atom. The van der Waals surface area contributed by atoms with Gasteiger partial charge < -0.3 is 20.3 Å². The van der Waals surface area contributed by atoms with Crippen molar-refractivity contribution in [3.63, 3.8) is 0 Å². The highest BCUT2D eigenvalue weighted by Gasteiger charge is 2.18. The molecule has 2 aromatic heterocycles. The Bertz CT molecular complexity index is 1150. The Morgan fingerprint density at radius 2 is 1.84 bits per heavy atom. The maximum absolute atomic E-state index is 9.93. The lowest BCUT2D eigenvalue weighted by molar-refractivity contribution is 0.276. The van der Waals surface area contributed by atoms with Gasteiger partial charge >= 0.3 is 0 Å². The SMILES string of the molecule is CC(C)n1cnc2c(Nc3cccc(Cl)c3)nc(N[C@H](CO)c3ccccc3)nc21.S. The minimum absolute atomic E-state index is 0. The molecule has 0 aliphatic heterocycles. The number of hydrogen-bond acceptors (Lipinski definition) is 6. The van der Waals surface area contributed by atoms with Crippen LogP contribution in [0.1, 0.15) is 31.5 Å². The van der Waals surface area contributed by atoms with Crippen LogP contribution in [0.4, 0.5) is 17.5 Å². The first-order chi connectivity index (χ1) is 14.5. The second-order valence-corrected chi connectivity index (χ2v) is 7.68. The Morgan fingerprint density at radius 1 is 1.06 bits per heavy atom. The quantitative estimate of drug-likeness (QED) is 0.360. The van der Waals surface area contributed by atoms with Crippen molar-refractivity contribution in [2.24, 2.45) is 0 Å². The van der Waals surface area contributed by atoms with Crippen molar-refractivity contribution in [1.82, 2.24) is 19.5 Å². The molecule has 0 aliphatic carbocycles. The van der Waals surface area contributed by atoms with E-state index in [4.69, 9.17) is 16.6 Å². The highest BCUT2D eigenvalue weighted by atomic mass is 35.5. The fourth-order valence-corrected chi connectivity index (χ4v) is 3.41. The Labute approximate surface area is 193 Å². The van der Waals surface area contributed by atoms with Gasteiger partial charge in [-0.25, -0.2) is 4.98 Å². The number of anilines is 3. The Kier molecular flexibility index (Phi) is 7.37. The number of fused-ring (bicyclic) bond motifs is 1. The van der Waals surface area contributed by atoms with Gasteiger partial charge in [-0.15, -0.1) is 0 Å². The molecule has 0 aliphatic rings. The molecule has 2 heterocycles. The number of imidazole rings is 1. The van der Waals surface area contributed by atoms with E-state index in [0.29, 0.717) is 28.0 Å². The van der Waals surface area contributed by atoms with Crippen LogP contribution in [0.2, 0.25) is 5.02 Å². The number of aliphatic hydroxyl groups excluding tert-OH is 1. The summed E-state index contributed by atoms with van der Waals surface area (Å²) >= 11 is 6.13. The Hall–Kier alpha value is -2.81. The molecule has 7 nitrogen and oxygen atoms in total. The van der Waals surface area contributed by atoms with Gasteiger partial charge in [0.1, 0.15) is 0 Å². The molecule has 0 amide bonds. The summed E-state index contributed by atoms with van der Waals surface area (Å²) in [5.74, 6) is 0.964. The molecule has 2 aromatic carbocycles. The second kappa shape index (κ2) is 10.00.